The van der Waals surface area contributed by atoms with E-state index < -0.39 is 0 Å². The quantitative estimate of drug-likeness (QED) is 0.542. The number of fused-ring (bicyclic) bond motifs is 1. The van der Waals surface area contributed by atoms with E-state index in [4.69, 9.17) is 0 Å². The van der Waals surface area contributed by atoms with Crippen molar-refractivity contribution in [3.63, 3.8) is 0 Å². The Kier molecular flexibility index (Phi) is 3.45. The molecule has 1 saturated heterocycles. The van der Waals surface area contributed by atoms with Gasteiger partial charge in [-0.25, -0.2) is 0 Å². The number of hydrogen-bond acceptors (Lipinski definition) is 4. The normalized spacial score (nSPS) is 17.5. The molecule has 3 aromatic rings. The van der Waals surface area contributed by atoms with Gasteiger partial charge in [0.2, 0.25) is 11.5 Å². The summed E-state index contributed by atoms with van der Waals surface area (Å²) in [6.07, 6.45) is 3.68. The zero-order chi connectivity index (χ0) is 16.7. The third kappa shape index (κ3) is 2.31. The van der Waals surface area contributed by atoms with Crippen LogP contribution in [0.15, 0.2) is 48.7 Å². The zero-order valence-electron chi connectivity index (χ0n) is 13.4. The second-order valence-corrected chi connectivity index (χ2v) is 6.21. The van der Waals surface area contributed by atoms with Crippen LogP contribution in [0, 0.1) is 17.0 Å². The van der Waals surface area contributed by atoms with Gasteiger partial charge in [-0.05, 0) is 36.3 Å². The van der Waals surface area contributed by atoms with Gasteiger partial charge in [0.25, 0.3) is 0 Å². The number of rotatable bonds is 3. The first-order chi connectivity index (χ1) is 11.6. The van der Waals surface area contributed by atoms with E-state index in [1.807, 2.05) is 12.1 Å². The highest BCUT2D eigenvalue weighted by Gasteiger charge is 2.34. The lowest BCUT2D eigenvalue weighted by Crippen LogP contribution is -2.23. The Morgan fingerprint density at radius 3 is 2.92 bits per heavy atom. The summed E-state index contributed by atoms with van der Waals surface area (Å²) in [4.78, 5) is 18.0. The fraction of sp³-hybridized carbons (Fsp3) is 0.278. The molecule has 1 aliphatic rings. The SMILES string of the molecule is Cc1cccc(C2CCCN2c2nc3ccccn3c2[N+](=O)[O-])c1. The molecule has 0 N–H and O–H groups in total. The van der Waals surface area contributed by atoms with Crippen molar-refractivity contribution in [2.24, 2.45) is 0 Å². The smallest absolute Gasteiger partial charge is 0.358 e. The van der Waals surface area contributed by atoms with Crippen LogP contribution in [0.25, 0.3) is 5.65 Å². The number of aromatic nitrogens is 2. The van der Waals surface area contributed by atoms with E-state index in [-0.39, 0.29) is 16.8 Å². The molecule has 0 spiro atoms. The summed E-state index contributed by atoms with van der Waals surface area (Å²) in [5, 5.41) is 11.7. The lowest BCUT2D eigenvalue weighted by Gasteiger charge is -2.24. The maximum atomic E-state index is 11.7. The summed E-state index contributed by atoms with van der Waals surface area (Å²) >= 11 is 0. The van der Waals surface area contributed by atoms with Gasteiger partial charge in [0.05, 0.1) is 12.2 Å². The van der Waals surface area contributed by atoms with Crippen LogP contribution in [0.2, 0.25) is 0 Å². The Bertz CT molecular complexity index is 918. The molecule has 0 radical (unpaired) electrons. The van der Waals surface area contributed by atoms with Crippen LogP contribution in [0.1, 0.15) is 30.0 Å². The highest BCUT2D eigenvalue weighted by Crippen LogP contribution is 2.40. The number of benzene rings is 1. The first kappa shape index (κ1) is 14.7. The van der Waals surface area contributed by atoms with Gasteiger partial charge in [-0.15, -0.1) is 0 Å². The van der Waals surface area contributed by atoms with E-state index in [1.165, 1.54) is 11.1 Å². The van der Waals surface area contributed by atoms with Crippen LogP contribution in [0.3, 0.4) is 0 Å². The van der Waals surface area contributed by atoms with E-state index in [1.54, 1.807) is 22.7 Å². The van der Waals surface area contributed by atoms with Crippen molar-refractivity contribution in [2.45, 2.75) is 25.8 Å². The van der Waals surface area contributed by atoms with Crippen LogP contribution in [0.4, 0.5) is 11.6 Å². The number of imidazole rings is 1. The number of pyridine rings is 1. The van der Waals surface area contributed by atoms with Crippen LogP contribution < -0.4 is 4.90 Å². The third-order valence-corrected chi connectivity index (χ3v) is 4.61. The number of aryl methyl sites for hydroxylation is 1. The van der Waals surface area contributed by atoms with E-state index in [2.05, 4.69) is 35.0 Å². The molecule has 1 aliphatic heterocycles. The predicted molar refractivity (Wildman–Crippen MR) is 92.3 cm³/mol. The average Bonchev–Trinajstić information content (AvgIpc) is 3.19. The standard InChI is InChI=1S/C18H18N4O2/c1-13-6-4-7-14(12-13)15-8-5-11-20(15)17-18(22(23)24)21-10-3-2-9-16(21)19-17/h2-4,6-7,9-10,12,15H,5,8,11H2,1H3. The topological polar surface area (TPSA) is 63.7 Å². The van der Waals surface area contributed by atoms with E-state index >= 15 is 0 Å². The molecule has 6 nitrogen and oxygen atoms in total. The Hall–Kier alpha value is -2.89. The summed E-state index contributed by atoms with van der Waals surface area (Å²) in [6.45, 7) is 2.85. The van der Waals surface area contributed by atoms with Crippen LogP contribution in [0.5, 0.6) is 0 Å². The molecular weight excluding hydrogens is 304 g/mol. The lowest BCUT2D eigenvalue weighted by molar-refractivity contribution is -0.389. The van der Waals surface area contributed by atoms with Crippen molar-refractivity contribution >= 4 is 17.3 Å². The summed E-state index contributed by atoms with van der Waals surface area (Å²) in [5.74, 6) is 0.514. The second kappa shape index (κ2) is 5.63. The molecule has 122 valence electrons. The molecular formula is C18H18N4O2. The van der Waals surface area contributed by atoms with Gasteiger partial charge in [0.15, 0.2) is 0 Å². The minimum atomic E-state index is -0.332. The first-order valence-electron chi connectivity index (χ1n) is 8.10. The van der Waals surface area contributed by atoms with Crippen molar-refractivity contribution in [2.75, 3.05) is 11.4 Å². The summed E-state index contributed by atoms with van der Waals surface area (Å²) < 4.78 is 1.56. The number of nitrogens with zero attached hydrogens (tertiary/aromatic N) is 4. The summed E-state index contributed by atoms with van der Waals surface area (Å²) in [7, 11) is 0. The minimum Gasteiger partial charge on any atom is -0.358 e. The average molecular weight is 322 g/mol. The summed E-state index contributed by atoms with van der Waals surface area (Å²) in [5.41, 5.74) is 3.00. The maximum absolute atomic E-state index is 11.7. The van der Waals surface area contributed by atoms with Gasteiger partial charge in [0, 0.05) is 12.6 Å². The molecule has 0 bridgehead atoms. The van der Waals surface area contributed by atoms with Gasteiger partial charge >= 0.3 is 5.82 Å². The highest BCUT2D eigenvalue weighted by atomic mass is 16.6. The van der Waals surface area contributed by atoms with E-state index in [9.17, 15) is 10.1 Å². The molecule has 1 unspecified atom stereocenters. The Morgan fingerprint density at radius 1 is 1.25 bits per heavy atom. The van der Waals surface area contributed by atoms with Gasteiger partial charge in [-0.1, -0.05) is 35.9 Å². The van der Waals surface area contributed by atoms with Crippen LogP contribution in [-0.4, -0.2) is 20.9 Å². The molecule has 0 saturated carbocycles. The summed E-state index contributed by atoms with van der Waals surface area (Å²) in [6, 6.07) is 13.9. The van der Waals surface area contributed by atoms with Crippen molar-refractivity contribution in [1.82, 2.24) is 9.38 Å². The van der Waals surface area contributed by atoms with Crippen LogP contribution >= 0.6 is 0 Å². The monoisotopic (exact) mass is 322 g/mol. The van der Waals surface area contributed by atoms with Gasteiger partial charge in [0.1, 0.15) is 0 Å². The molecule has 24 heavy (non-hydrogen) atoms. The number of nitro groups is 1. The van der Waals surface area contributed by atoms with E-state index in [0.717, 1.165) is 19.4 Å². The Labute approximate surface area is 139 Å². The maximum Gasteiger partial charge on any atom is 0.372 e. The second-order valence-electron chi connectivity index (χ2n) is 6.21. The van der Waals surface area contributed by atoms with Crippen molar-refractivity contribution in [3.8, 4) is 0 Å². The molecule has 6 heteroatoms. The van der Waals surface area contributed by atoms with Crippen LogP contribution in [-0.2, 0) is 0 Å². The fourth-order valence-electron chi connectivity index (χ4n) is 3.58. The molecule has 1 atom stereocenters. The molecule has 1 aromatic carbocycles. The molecule has 0 amide bonds. The van der Waals surface area contributed by atoms with Crippen molar-refractivity contribution in [1.29, 1.82) is 0 Å². The first-order valence-corrected chi connectivity index (χ1v) is 8.10. The molecule has 0 aliphatic carbocycles. The molecule has 1 fully saturated rings. The van der Waals surface area contributed by atoms with Gasteiger partial charge in [-0.2, -0.15) is 9.38 Å². The number of anilines is 1. The predicted octanol–water partition coefficient (Wildman–Crippen LogP) is 3.89. The highest BCUT2D eigenvalue weighted by molar-refractivity contribution is 5.65. The van der Waals surface area contributed by atoms with Gasteiger partial charge in [-0.3, -0.25) is 0 Å². The Morgan fingerprint density at radius 2 is 2.12 bits per heavy atom. The fourth-order valence-corrected chi connectivity index (χ4v) is 3.58. The zero-order valence-corrected chi connectivity index (χ0v) is 13.4. The molecule has 4 rings (SSSR count). The largest absolute Gasteiger partial charge is 0.372 e. The molecule has 2 aromatic heterocycles. The van der Waals surface area contributed by atoms with E-state index in [0.29, 0.717) is 11.5 Å². The third-order valence-electron chi connectivity index (χ3n) is 4.61. The lowest BCUT2D eigenvalue weighted by atomic mass is 10.0. The van der Waals surface area contributed by atoms with Crippen molar-refractivity contribution in [3.05, 3.63) is 69.9 Å². The molecule has 3 heterocycles. The van der Waals surface area contributed by atoms with Crippen molar-refractivity contribution < 1.29 is 4.92 Å². The Balaban J connectivity index is 1.84. The number of hydrogen-bond donors (Lipinski definition) is 0. The van der Waals surface area contributed by atoms with Gasteiger partial charge < -0.3 is 15.0 Å². The minimum absolute atomic E-state index is 0.0464.